The van der Waals surface area contributed by atoms with Crippen LogP contribution < -0.4 is 0 Å². The minimum absolute atomic E-state index is 0.0332. The number of amides is 1. The van der Waals surface area contributed by atoms with Gasteiger partial charge in [0.2, 0.25) is 0 Å². The van der Waals surface area contributed by atoms with E-state index in [1.807, 2.05) is 4.90 Å². The molecule has 0 radical (unpaired) electrons. The molecule has 1 aromatic rings. The molecule has 1 saturated heterocycles. The number of rotatable bonds is 1. The minimum Gasteiger partial charge on any atom is -0.505 e. The van der Waals surface area contributed by atoms with Gasteiger partial charge >= 0.3 is 0 Å². The summed E-state index contributed by atoms with van der Waals surface area (Å²) in [5.41, 5.74) is 0.645. The second-order valence-corrected chi connectivity index (χ2v) is 6.68. The van der Waals surface area contributed by atoms with Gasteiger partial charge in [-0.15, -0.1) is 0 Å². The lowest BCUT2D eigenvalue weighted by Gasteiger charge is -2.29. The molecule has 1 amide bonds. The number of nitrogens with zero attached hydrogens (tertiary/aromatic N) is 2. The Labute approximate surface area is 120 Å². The molecular formula is C16H24N2O2. The Morgan fingerprint density at radius 1 is 1.35 bits per heavy atom. The zero-order valence-corrected chi connectivity index (χ0v) is 12.6. The summed E-state index contributed by atoms with van der Waals surface area (Å²) in [6.07, 6.45) is 6.09. The number of aromatic nitrogens is 1. The average molecular weight is 276 g/mol. The van der Waals surface area contributed by atoms with Crippen LogP contribution in [0.25, 0.3) is 0 Å². The Morgan fingerprint density at radius 2 is 2.10 bits per heavy atom. The van der Waals surface area contributed by atoms with E-state index in [0.717, 1.165) is 32.4 Å². The third-order valence-corrected chi connectivity index (χ3v) is 4.27. The lowest BCUT2D eigenvalue weighted by molar-refractivity contribution is 0.0752. The summed E-state index contributed by atoms with van der Waals surface area (Å²) in [6, 6.07) is 1.59. The normalized spacial score (nSPS) is 20.6. The molecule has 0 spiro atoms. The van der Waals surface area contributed by atoms with Crippen LogP contribution in [0.3, 0.4) is 0 Å². The molecule has 20 heavy (non-hydrogen) atoms. The van der Waals surface area contributed by atoms with Crippen LogP contribution in [0.1, 0.15) is 50.4 Å². The number of hydrogen-bond acceptors (Lipinski definition) is 3. The second kappa shape index (κ2) is 5.81. The molecule has 2 heterocycles. The van der Waals surface area contributed by atoms with Crippen molar-refractivity contribution in [2.75, 3.05) is 13.1 Å². The zero-order chi connectivity index (χ0) is 14.8. The second-order valence-electron chi connectivity index (χ2n) is 6.68. The average Bonchev–Trinajstić information content (AvgIpc) is 2.63. The number of pyridine rings is 1. The van der Waals surface area contributed by atoms with Gasteiger partial charge in [-0.1, -0.05) is 20.8 Å². The van der Waals surface area contributed by atoms with Crippen LogP contribution in [-0.2, 0) is 0 Å². The summed E-state index contributed by atoms with van der Waals surface area (Å²) >= 11 is 0. The smallest absolute Gasteiger partial charge is 0.257 e. The molecule has 110 valence electrons. The fourth-order valence-electron chi connectivity index (χ4n) is 2.90. The van der Waals surface area contributed by atoms with E-state index in [-0.39, 0.29) is 17.1 Å². The third-order valence-electron chi connectivity index (χ3n) is 4.27. The number of aromatic hydroxyl groups is 1. The SMILES string of the molecule is CC(C)(C)C1CCCN(C(=O)c2ccncc2O)CC1. The van der Waals surface area contributed by atoms with Gasteiger partial charge in [0.1, 0.15) is 5.75 Å². The van der Waals surface area contributed by atoms with Crippen molar-refractivity contribution in [1.29, 1.82) is 0 Å². The van der Waals surface area contributed by atoms with E-state index < -0.39 is 0 Å². The molecule has 1 aromatic heterocycles. The predicted octanol–water partition coefficient (Wildman–Crippen LogP) is 3.08. The maximum absolute atomic E-state index is 12.5. The fraction of sp³-hybridized carbons (Fsp3) is 0.625. The molecule has 1 unspecified atom stereocenters. The van der Waals surface area contributed by atoms with Gasteiger partial charge in [0.25, 0.3) is 5.91 Å². The van der Waals surface area contributed by atoms with Gasteiger partial charge in [-0.05, 0) is 36.7 Å². The molecule has 2 rings (SSSR count). The van der Waals surface area contributed by atoms with Gasteiger partial charge in [0.15, 0.2) is 0 Å². The molecule has 4 nitrogen and oxygen atoms in total. The first-order valence-corrected chi connectivity index (χ1v) is 7.32. The van der Waals surface area contributed by atoms with Crippen LogP contribution in [-0.4, -0.2) is 34.0 Å². The van der Waals surface area contributed by atoms with E-state index in [1.165, 1.54) is 6.20 Å². The summed E-state index contributed by atoms with van der Waals surface area (Å²) in [7, 11) is 0. The third kappa shape index (κ3) is 3.30. The van der Waals surface area contributed by atoms with E-state index in [2.05, 4.69) is 25.8 Å². The van der Waals surface area contributed by atoms with Crippen molar-refractivity contribution in [3.63, 3.8) is 0 Å². The highest BCUT2D eigenvalue weighted by Crippen LogP contribution is 2.34. The molecule has 0 saturated carbocycles. The molecule has 1 aliphatic rings. The van der Waals surface area contributed by atoms with Gasteiger partial charge in [0, 0.05) is 19.3 Å². The topological polar surface area (TPSA) is 53.4 Å². The molecule has 1 atom stereocenters. The number of carbonyl (C=O) groups excluding carboxylic acids is 1. The Balaban J connectivity index is 2.08. The molecule has 1 fully saturated rings. The molecule has 1 N–H and O–H groups in total. The van der Waals surface area contributed by atoms with Crippen molar-refractivity contribution in [2.24, 2.45) is 11.3 Å². The zero-order valence-electron chi connectivity index (χ0n) is 12.6. The quantitative estimate of drug-likeness (QED) is 0.857. The molecule has 1 aliphatic heterocycles. The lowest BCUT2D eigenvalue weighted by Crippen LogP contribution is -2.32. The Bertz CT molecular complexity index is 480. The summed E-state index contributed by atoms with van der Waals surface area (Å²) in [5.74, 6) is 0.528. The van der Waals surface area contributed by atoms with Crippen molar-refractivity contribution >= 4 is 5.91 Å². The van der Waals surface area contributed by atoms with Crippen LogP contribution in [0.5, 0.6) is 5.75 Å². The van der Waals surface area contributed by atoms with Crippen LogP contribution in [0, 0.1) is 11.3 Å². The van der Waals surface area contributed by atoms with Gasteiger partial charge in [-0.2, -0.15) is 0 Å². The van der Waals surface area contributed by atoms with Gasteiger partial charge < -0.3 is 10.0 Å². The van der Waals surface area contributed by atoms with Crippen LogP contribution >= 0.6 is 0 Å². The monoisotopic (exact) mass is 276 g/mol. The summed E-state index contributed by atoms with van der Waals surface area (Å²) in [4.78, 5) is 18.1. The Hall–Kier alpha value is -1.58. The summed E-state index contributed by atoms with van der Waals surface area (Å²) in [5, 5.41) is 9.75. The van der Waals surface area contributed by atoms with E-state index in [0.29, 0.717) is 11.5 Å². The van der Waals surface area contributed by atoms with Gasteiger partial charge in [0.05, 0.1) is 11.8 Å². The van der Waals surface area contributed by atoms with Crippen molar-refractivity contribution in [1.82, 2.24) is 9.88 Å². The molecule has 0 aromatic carbocycles. The first kappa shape index (κ1) is 14.8. The Kier molecular flexibility index (Phi) is 4.31. The van der Waals surface area contributed by atoms with Gasteiger partial charge in [-0.25, -0.2) is 0 Å². The first-order chi connectivity index (χ1) is 9.39. The molecular weight excluding hydrogens is 252 g/mol. The van der Waals surface area contributed by atoms with E-state index >= 15 is 0 Å². The largest absolute Gasteiger partial charge is 0.505 e. The van der Waals surface area contributed by atoms with Crippen LogP contribution in [0.2, 0.25) is 0 Å². The highest BCUT2D eigenvalue weighted by molar-refractivity contribution is 5.96. The molecule has 4 heteroatoms. The highest BCUT2D eigenvalue weighted by atomic mass is 16.3. The maximum atomic E-state index is 12.5. The van der Waals surface area contributed by atoms with Crippen LogP contribution in [0.4, 0.5) is 0 Å². The lowest BCUT2D eigenvalue weighted by atomic mass is 9.77. The minimum atomic E-state index is -0.0838. The molecule has 0 aliphatic carbocycles. The van der Waals surface area contributed by atoms with Gasteiger partial charge in [-0.3, -0.25) is 9.78 Å². The van der Waals surface area contributed by atoms with Crippen molar-refractivity contribution in [3.8, 4) is 5.75 Å². The van der Waals surface area contributed by atoms with E-state index in [9.17, 15) is 9.90 Å². The van der Waals surface area contributed by atoms with Crippen molar-refractivity contribution in [3.05, 3.63) is 24.0 Å². The van der Waals surface area contributed by atoms with E-state index in [4.69, 9.17) is 0 Å². The number of likely N-dealkylation sites (tertiary alicyclic amines) is 1. The van der Waals surface area contributed by atoms with Crippen LogP contribution in [0.15, 0.2) is 18.5 Å². The number of hydrogen-bond donors (Lipinski definition) is 1. The number of carbonyl (C=O) groups is 1. The Morgan fingerprint density at radius 3 is 2.75 bits per heavy atom. The summed E-state index contributed by atoms with van der Waals surface area (Å²) < 4.78 is 0. The van der Waals surface area contributed by atoms with E-state index in [1.54, 1.807) is 12.3 Å². The standard InChI is InChI=1S/C16H24N2O2/c1-16(2,3)12-5-4-9-18(10-7-12)15(20)13-6-8-17-11-14(13)19/h6,8,11-12,19H,4-5,7,9-10H2,1-3H3. The first-order valence-electron chi connectivity index (χ1n) is 7.32. The van der Waals surface area contributed by atoms with Crippen molar-refractivity contribution in [2.45, 2.75) is 40.0 Å². The molecule has 0 bridgehead atoms. The fourth-order valence-corrected chi connectivity index (χ4v) is 2.90. The predicted molar refractivity (Wildman–Crippen MR) is 78.6 cm³/mol. The van der Waals surface area contributed by atoms with Crippen molar-refractivity contribution < 1.29 is 9.90 Å². The maximum Gasteiger partial charge on any atom is 0.257 e. The highest BCUT2D eigenvalue weighted by Gasteiger charge is 2.29. The summed E-state index contributed by atoms with van der Waals surface area (Å²) in [6.45, 7) is 8.34.